The maximum Gasteiger partial charge on any atom is 0.337 e. The summed E-state index contributed by atoms with van der Waals surface area (Å²) in [5, 5.41) is 8.77. The SMILES string of the molecule is CCCN(C)C(=O)c1cncc(C(=O)O)c1. The van der Waals surface area contributed by atoms with Gasteiger partial charge >= 0.3 is 5.97 Å². The molecule has 0 unspecified atom stereocenters. The van der Waals surface area contributed by atoms with E-state index in [1.165, 1.54) is 18.5 Å². The Hall–Kier alpha value is -1.91. The first-order chi connectivity index (χ1) is 7.56. The predicted octanol–water partition coefficient (Wildman–Crippen LogP) is 1.26. The van der Waals surface area contributed by atoms with Gasteiger partial charge in [0.25, 0.3) is 5.91 Å². The van der Waals surface area contributed by atoms with Crippen molar-refractivity contribution < 1.29 is 14.7 Å². The highest BCUT2D eigenvalue weighted by Crippen LogP contribution is 2.06. The van der Waals surface area contributed by atoms with Crippen molar-refractivity contribution in [2.24, 2.45) is 0 Å². The lowest BCUT2D eigenvalue weighted by Crippen LogP contribution is -2.27. The Bertz CT molecular complexity index is 404. The summed E-state index contributed by atoms with van der Waals surface area (Å²) in [5.74, 6) is -1.29. The summed E-state index contributed by atoms with van der Waals surface area (Å²) in [7, 11) is 1.68. The van der Waals surface area contributed by atoms with Crippen LogP contribution in [0.4, 0.5) is 0 Å². The number of hydrogen-bond donors (Lipinski definition) is 1. The zero-order valence-corrected chi connectivity index (χ0v) is 9.30. The van der Waals surface area contributed by atoms with Gasteiger partial charge in [-0.3, -0.25) is 9.78 Å². The number of nitrogens with zero attached hydrogens (tertiary/aromatic N) is 2. The zero-order valence-electron chi connectivity index (χ0n) is 9.30. The Kier molecular flexibility index (Phi) is 3.99. The molecule has 5 nitrogen and oxygen atoms in total. The Morgan fingerprint density at radius 3 is 2.56 bits per heavy atom. The molecule has 1 rings (SSSR count). The zero-order chi connectivity index (χ0) is 12.1. The molecule has 0 fully saturated rings. The summed E-state index contributed by atoms with van der Waals surface area (Å²) in [6.45, 7) is 2.60. The van der Waals surface area contributed by atoms with E-state index in [4.69, 9.17) is 5.11 Å². The minimum Gasteiger partial charge on any atom is -0.478 e. The molecule has 0 spiro atoms. The number of carboxylic acid groups (broad SMARTS) is 1. The lowest BCUT2D eigenvalue weighted by molar-refractivity contribution is 0.0696. The second-order valence-electron chi connectivity index (χ2n) is 3.49. The molecule has 0 atom stereocenters. The van der Waals surface area contributed by atoms with Crippen LogP contribution < -0.4 is 0 Å². The van der Waals surface area contributed by atoms with Crippen LogP contribution >= 0.6 is 0 Å². The minimum absolute atomic E-state index is 0.0238. The van der Waals surface area contributed by atoms with E-state index in [0.29, 0.717) is 12.1 Å². The smallest absolute Gasteiger partial charge is 0.337 e. The molecule has 1 amide bonds. The highest BCUT2D eigenvalue weighted by atomic mass is 16.4. The number of carbonyl (C=O) groups is 2. The normalized spacial score (nSPS) is 9.88. The summed E-state index contributed by atoms with van der Waals surface area (Å²) in [4.78, 5) is 27.8. The lowest BCUT2D eigenvalue weighted by atomic mass is 10.2. The van der Waals surface area contributed by atoms with Gasteiger partial charge < -0.3 is 10.0 Å². The van der Waals surface area contributed by atoms with E-state index in [9.17, 15) is 9.59 Å². The van der Waals surface area contributed by atoms with Gasteiger partial charge in [0.05, 0.1) is 11.1 Å². The van der Waals surface area contributed by atoms with Crippen LogP contribution in [0.3, 0.4) is 0 Å². The number of rotatable bonds is 4. The molecule has 0 bridgehead atoms. The van der Waals surface area contributed by atoms with Gasteiger partial charge in [-0.05, 0) is 12.5 Å². The van der Waals surface area contributed by atoms with E-state index in [1.807, 2.05) is 6.92 Å². The first-order valence-electron chi connectivity index (χ1n) is 5.00. The van der Waals surface area contributed by atoms with Crippen molar-refractivity contribution in [1.29, 1.82) is 0 Å². The van der Waals surface area contributed by atoms with Crippen LogP contribution in [0, 0.1) is 0 Å². The largest absolute Gasteiger partial charge is 0.478 e. The fourth-order valence-electron chi connectivity index (χ4n) is 1.33. The van der Waals surface area contributed by atoms with Crippen LogP contribution in [-0.2, 0) is 0 Å². The molecule has 1 N–H and O–H groups in total. The summed E-state index contributed by atoms with van der Waals surface area (Å²) in [5.41, 5.74) is 0.326. The third-order valence-electron chi connectivity index (χ3n) is 2.14. The molecule has 1 aromatic rings. The molecule has 0 saturated carbocycles. The molecule has 0 aliphatic heterocycles. The lowest BCUT2D eigenvalue weighted by Gasteiger charge is -2.15. The van der Waals surface area contributed by atoms with E-state index in [1.54, 1.807) is 11.9 Å². The molecule has 16 heavy (non-hydrogen) atoms. The van der Waals surface area contributed by atoms with Gasteiger partial charge in [-0.15, -0.1) is 0 Å². The van der Waals surface area contributed by atoms with Gasteiger partial charge in [0.1, 0.15) is 0 Å². The number of carboxylic acids is 1. The Morgan fingerprint density at radius 2 is 2.00 bits per heavy atom. The van der Waals surface area contributed by atoms with Crippen molar-refractivity contribution in [3.8, 4) is 0 Å². The molecule has 1 heterocycles. The number of aromatic nitrogens is 1. The predicted molar refractivity (Wildman–Crippen MR) is 58.4 cm³/mol. The van der Waals surface area contributed by atoms with Gasteiger partial charge in [0.2, 0.25) is 0 Å². The molecule has 86 valence electrons. The van der Waals surface area contributed by atoms with Crippen molar-refractivity contribution in [2.45, 2.75) is 13.3 Å². The Labute approximate surface area is 93.7 Å². The van der Waals surface area contributed by atoms with Gasteiger partial charge in [-0.1, -0.05) is 6.92 Å². The highest BCUT2D eigenvalue weighted by molar-refractivity contribution is 5.96. The second kappa shape index (κ2) is 5.25. The van der Waals surface area contributed by atoms with Gasteiger partial charge in [-0.2, -0.15) is 0 Å². The van der Waals surface area contributed by atoms with Crippen molar-refractivity contribution in [1.82, 2.24) is 9.88 Å². The topological polar surface area (TPSA) is 70.5 Å². The fraction of sp³-hybridized carbons (Fsp3) is 0.364. The molecule has 0 radical (unpaired) electrons. The first-order valence-corrected chi connectivity index (χ1v) is 5.00. The summed E-state index contributed by atoms with van der Waals surface area (Å²) in [6.07, 6.45) is 3.45. The maximum absolute atomic E-state index is 11.8. The van der Waals surface area contributed by atoms with E-state index < -0.39 is 5.97 Å². The number of pyridine rings is 1. The van der Waals surface area contributed by atoms with Gasteiger partial charge in [0, 0.05) is 26.0 Å². The van der Waals surface area contributed by atoms with Crippen LogP contribution in [0.15, 0.2) is 18.5 Å². The summed E-state index contributed by atoms with van der Waals surface area (Å²) >= 11 is 0. The molecule has 0 saturated heterocycles. The quantitative estimate of drug-likeness (QED) is 0.832. The van der Waals surface area contributed by atoms with Crippen molar-refractivity contribution >= 4 is 11.9 Å². The third-order valence-corrected chi connectivity index (χ3v) is 2.14. The van der Waals surface area contributed by atoms with Crippen LogP contribution in [0.25, 0.3) is 0 Å². The minimum atomic E-state index is -1.08. The third kappa shape index (κ3) is 2.79. The standard InChI is InChI=1S/C11H14N2O3/c1-3-4-13(2)10(14)8-5-9(11(15)16)7-12-6-8/h5-7H,3-4H2,1-2H3,(H,15,16). The first kappa shape index (κ1) is 12.2. The number of amides is 1. The molecule has 0 aliphatic carbocycles. The van der Waals surface area contributed by atoms with Gasteiger partial charge in [0.15, 0.2) is 0 Å². The molecule has 1 aromatic heterocycles. The fourth-order valence-corrected chi connectivity index (χ4v) is 1.33. The molecular formula is C11H14N2O3. The van der Waals surface area contributed by atoms with Gasteiger partial charge in [-0.25, -0.2) is 4.79 Å². The monoisotopic (exact) mass is 222 g/mol. The van der Waals surface area contributed by atoms with E-state index in [2.05, 4.69) is 4.98 Å². The summed E-state index contributed by atoms with van der Waals surface area (Å²) < 4.78 is 0. The molecular weight excluding hydrogens is 208 g/mol. The van der Waals surface area contributed by atoms with Crippen molar-refractivity contribution in [2.75, 3.05) is 13.6 Å². The molecule has 0 aliphatic rings. The van der Waals surface area contributed by atoms with Crippen LogP contribution in [0.5, 0.6) is 0 Å². The molecule has 5 heteroatoms. The molecule has 0 aromatic carbocycles. The van der Waals surface area contributed by atoms with Crippen LogP contribution in [-0.4, -0.2) is 40.5 Å². The van der Waals surface area contributed by atoms with E-state index >= 15 is 0 Å². The Morgan fingerprint density at radius 1 is 1.38 bits per heavy atom. The summed E-state index contributed by atoms with van der Waals surface area (Å²) in [6, 6.07) is 1.34. The average molecular weight is 222 g/mol. The number of hydrogen-bond acceptors (Lipinski definition) is 3. The van der Waals surface area contributed by atoms with Crippen LogP contribution in [0.2, 0.25) is 0 Å². The van der Waals surface area contributed by atoms with Crippen LogP contribution in [0.1, 0.15) is 34.1 Å². The van der Waals surface area contributed by atoms with Crippen molar-refractivity contribution in [3.63, 3.8) is 0 Å². The number of aromatic carboxylic acids is 1. The van der Waals surface area contributed by atoms with Crippen molar-refractivity contribution in [3.05, 3.63) is 29.6 Å². The highest BCUT2D eigenvalue weighted by Gasteiger charge is 2.13. The Balaban J connectivity index is 2.91. The van der Waals surface area contributed by atoms with E-state index in [0.717, 1.165) is 6.42 Å². The van der Waals surface area contributed by atoms with E-state index in [-0.39, 0.29) is 11.5 Å². The maximum atomic E-state index is 11.8. The number of carbonyl (C=O) groups excluding carboxylic acids is 1. The second-order valence-corrected chi connectivity index (χ2v) is 3.49. The average Bonchev–Trinajstić information content (AvgIpc) is 2.28.